The molecule has 0 aliphatic heterocycles. The van der Waals surface area contributed by atoms with Crippen LogP contribution in [0.3, 0.4) is 0 Å². The highest BCUT2D eigenvalue weighted by Gasteiger charge is 2.67. The first-order valence-electron chi connectivity index (χ1n) is 44.3. The van der Waals surface area contributed by atoms with E-state index in [9.17, 15) is 118 Å². The van der Waals surface area contributed by atoms with Crippen LogP contribution in [-0.4, -0.2) is 194 Å². The van der Waals surface area contributed by atoms with E-state index in [1.165, 1.54) is 19.3 Å². The first-order valence-corrected chi connectivity index (χ1v) is 44.3. The van der Waals surface area contributed by atoms with Crippen LogP contribution in [-0.2, 0) is 105 Å². The van der Waals surface area contributed by atoms with Gasteiger partial charge in [0, 0.05) is 53.5 Å². The Morgan fingerprint density at radius 2 is 0.500 bits per heavy atom. The highest BCUT2D eigenvalue weighted by atomic mass is 19.4. The number of carbonyl (C=O) groups is 9. The van der Waals surface area contributed by atoms with Crippen molar-refractivity contribution in [2.45, 2.75) is 327 Å². The second-order valence-corrected chi connectivity index (χ2v) is 40.6. The summed E-state index contributed by atoms with van der Waals surface area (Å²) in [4.78, 5) is 105. The summed E-state index contributed by atoms with van der Waals surface area (Å²) in [6.07, 6.45) is -4.99. The van der Waals surface area contributed by atoms with Gasteiger partial charge >= 0.3 is 90.5 Å². The maximum atomic E-state index is 12.9. The number of esters is 9. The topological polar surface area (TPSA) is 274 Å². The van der Waals surface area contributed by atoms with Gasteiger partial charge in [-0.3, -0.25) is 14.4 Å². The fourth-order valence-electron chi connectivity index (χ4n) is 25.9. The predicted octanol–water partition coefficient (Wildman–Crippen LogP) is 18.9. The molecule has 22 nitrogen and oxygen atoms in total. The number of halogens is 17. The molecule has 20 aliphatic rings. The Morgan fingerprint density at radius 3 is 0.731 bits per heavy atom. The van der Waals surface area contributed by atoms with Crippen LogP contribution in [0.2, 0.25) is 0 Å². The Morgan fingerprint density at radius 1 is 0.285 bits per heavy atom. The predicted molar refractivity (Wildman–Crippen MR) is 422 cm³/mol. The van der Waals surface area contributed by atoms with Crippen molar-refractivity contribution in [2.24, 2.45) is 71.0 Å². The molecule has 0 aromatic rings. The van der Waals surface area contributed by atoms with Crippen molar-refractivity contribution in [3.05, 3.63) is 60.8 Å². The molecule has 0 spiro atoms. The number of hydrogen-bond acceptors (Lipinski definition) is 22. The molecule has 20 aliphatic carbocycles. The van der Waals surface area contributed by atoms with Crippen LogP contribution in [0.15, 0.2) is 60.8 Å². The molecule has 0 radical (unpaired) electrons. The summed E-state index contributed by atoms with van der Waals surface area (Å²) in [7, 11) is 0. The fraction of sp³-hybridized carbons (Fsp3) is 0.791. The van der Waals surface area contributed by atoms with Crippen molar-refractivity contribution in [3.8, 4) is 0 Å². The zero-order chi connectivity index (χ0) is 96.0. The molecule has 20 saturated carbocycles. The van der Waals surface area contributed by atoms with Gasteiger partial charge in [0.2, 0.25) is 5.92 Å². The third-order valence-electron chi connectivity index (χ3n) is 28.3. The first-order chi connectivity index (χ1) is 60.0. The SMILES string of the molecule is C=C(C)C(=O)OC12CC3CC(CC(C3)C1)C2.C=C(C)C(=O)OC12CC3CC(CC(OCCOC(=O)C(C(F)(F)F)C(F)(F)F)(C3)C1)C2.C=C(C)C(=O)OC12CC3CC(CC(OCCOC(=O)C(F)(F)F)(C3)C1)C2.C=C(C)C(=O)OC12CC3CC(CC(OCCOC(=O)CC(F)(F)C(F)(F)F)(C3)C1)C2.C=C(C)C(=O)OC12CC3CC(CC(OCCOC(=O)CC(F)(F)F)(C3)C1)C2. The second kappa shape index (κ2) is 38.8. The van der Waals surface area contributed by atoms with Gasteiger partial charge in [-0.1, -0.05) is 32.9 Å². The minimum absolute atomic E-state index is 0.0353. The third kappa shape index (κ3) is 26.0. The van der Waals surface area contributed by atoms with Crippen LogP contribution in [0.5, 0.6) is 0 Å². The van der Waals surface area contributed by atoms with E-state index in [4.69, 9.17) is 42.6 Å². The van der Waals surface area contributed by atoms with E-state index in [0.717, 1.165) is 140 Å². The van der Waals surface area contributed by atoms with E-state index in [-0.39, 0.29) is 62.0 Å². The van der Waals surface area contributed by atoms with Crippen LogP contribution in [0.25, 0.3) is 0 Å². The lowest BCUT2D eigenvalue weighted by Gasteiger charge is -2.60. The van der Waals surface area contributed by atoms with E-state index in [0.29, 0.717) is 109 Å². The molecule has 8 atom stereocenters. The molecule has 732 valence electrons. The quantitative estimate of drug-likeness (QED) is 0.0212. The lowest BCUT2D eigenvalue weighted by molar-refractivity contribution is -0.284. The minimum Gasteiger partial charge on any atom is -0.463 e. The van der Waals surface area contributed by atoms with E-state index >= 15 is 0 Å². The van der Waals surface area contributed by atoms with Crippen molar-refractivity contribution in [1.29, 1.82) is 0 Å². The highest BCUT2D eigenvalue weighted by Crippen LogP contribution is 2.66. The van der Waals surface area contributed by atoms with Crippen LogP contribution in [0.4, 0.5) is 74.6 Å². The summed E-state index contributed by atoms with van der Waals surface area (Å²) in [6.45, 7) is 23.8. The van der Waals surface area contributed by atoms with Gasteiger partial charge in [-0.05, 0) is 267 Å². The van der Waals surface area contributed by atoms with Gasteiger partial charge < -0.3 is 61.6 Å². The molecule has 0 aromatic carbocycles. The van der Waals surface area contributed by atoms with Gasteiger partial charge in [0.15, 0.2) is 0 Å². The van der Waals surface area contributed by atoms with Crippen molar-refractivity contribution >= 4 is 53.7 Å². The number of carbonyl (C=O) groups excluding carboxylic acids is 9. The molecule has 130 heavy (non-hydrogen) atoms. The summed E-state index contributed by atoms with van der Waals surface area (Å²) in [5, 5.41) is 0. The zero-order valence-corrected chi connectivity index (χ0v) is 73.7. The summed E-state index contributed by atoms with van der Waals surface area (Å²) < 4.78 is 281. The third-order valence-corrected chi connectivity index (χ3v) is 28.3. The highest BCUT2D eigenvalue weighted by molar-refractivity contribution is 5.89. The molecule has 20 fully saturated rings. The first kappa shape index (κ1) is 103. The minimum atomic E-state index is -5.81. The molecule has 8 unspecified atom stereocenters. The average molecular weight is 1890 g/mol. The number of ether oxygens (including phenoxy) is 13. The molecule has 0 saturated heterocycles. The largest absolute Gasteiger partial charge is 0.490 e. The standard InChI is InChI=1S/C20H24F6O5.C20H25F5O5.C19H25F3O5.C18H23F3O5.C14H20O2/c1-11(2)15(27)31-18-8-12-5-13(9-18)7-17(6-12,10-18)30-4-3-29-16(28)14(19(21,22)23)20(24,25)26;1-12(2)16(27)30-18-8-13-5-14(9-18)7-17(6-13,11-18)29-4-3-28-15(26)10-19(21,22)20(23,24)25;1-12(2)16(24)27-18-8-13-5-14(9-18)7-17(6-13,11-18)26-4-3-25-15(23)10-19(20,21)22;1-11(2)14(22)26-17-8-12-5-13(9-17)7-16(6-12,10-17)25-4-3-24-15(23)18(19,20)21;1-9(2)13(15)16-14-6-10-3-11(7-14)5-12(4-10)8-14/h12-14H,1,3-10H2,2H3;13-14H,1,3-11H2,2H3;13-14H,1,3-11H2,2H3;12-13H,1,3-10H2,2H3;10-12H,1,3-8H2,2H3. The molecule has 0 N–H and O–H groups in total. The summed E-state index contributed by atoms with van der Waals surface area (Å²) in [6, 6.07) is 0. The molecule has 0 aromatic heterocycles. The van der Waals surface area contributed by atoms with E-state index in [1.54, 1.807) is 34.6 Å². The summed E-state index contributed by atoms with van der Waals surface area (Å²) >= 11 is 0. The number of rotatable bonds is 30. The van der Waals surface area contributed by atoms with Gasteiger partial charge in [-0.25, -0.2) is 28.8 Å². The van der Waals surface area contributed by atoms with Gasteiger partial charge in [-0.2, -0.15) is 74.6 Å². The van der Waals surface area contributed by atoms with Crippen molar-refractivity contribution in [3.63, 3.8) is 0 Å². The Hall–Kier alpha value is -7.42. The summed E-state index contributed by atoms with van der Waals surface area (Å²) in [5.74, 6) is -13.7. The van der Waals surface area contributed by atoms with Gasteiger partial charge in [0.25, 0.3) is 0 Å². The van der Waals surface area contributed by atoms with E-state index in [1.807, 2.05) is 0 Å². The fourth-order valence-corrected chi connectivity index (χ4v) is 25.9. The average Bonchev–Trinajstić information content (AvgIpc) is 0.730. The molecule has 39 heteroatoms. The molecule has 0 heterocycles. The normalized spacial score (nSPS) is 34.9. The van der Waals surface area contributed by atoms with Crippen LogP contribution < -0.4 is 0 Å². The number of alkyl halides is 17. The van der Waals surface area contributed by atoms with E-state index in [2.05, 4.69) is 51.8 Å². The number of hydrogen-bond donors (Lipinski definition) is 0. The van der Waals surface area contributed by atoms with Crippen molar-refractivity contribution < 1.29 is 179 Å². The Bertz CT molecular complexity index is 4150. The molecule has 20 rings (SSSR count). The Kier molecular flexibility index (Phi) is 30.7. The molecular weight excluding hydrogens is 1770 g/mol. The Labute approximate surface area is 742 Å². The van der Waals surface area contributed by atoms with Gasteiger partial charge in [0.05, 0.1) is 48.8 Å². The monoisotopic (exact) mass is 1880 g/mol. The van der Waals surface area contributed by atoms with Crippen LogP contribution >= 0.6 is 0 Å². The van der Waals surface area contributed by atoms with Gasteiger partial charge in [-0.15, -0.1) is 0 Å². The maximum Gasteiger partial charge on any atom is 0.490 e. The van der Waals surface area contributed by atoms with Crippen LogP contribution in [0, 0.1) is 71.0 Å². The smallest absolute Gasteiger partial charge is 0.463 e. The Balaban J connectivity index is 0.000000159. The summed E-state index contributed by atoms with van der Waals surface area (Å²) in [5.41, 5.74) is -3.05. The van der Waals surface area contributed by atoms with E-state index < -0.39 is 168 Å². The van der Waals surface area contributed by atoms with Gasteiger partial charge in [0.1, 0.15) is 67.3 Å². The second-order valence-electron chi connectivity index (χ2n) is 40.6. The molecule has 0 amide bonds. The molecular formula is C91H117F17O22. The maximum absolute atomic E-state index is 12.9. The zero-order valence-electron chi connectivity index (χ0n) is 73.7. The van der Waals surface area contributed by atoms with Crippen molar-refractivity contribution in [1.82, 2.24) is 0 Å². The van der Waals surface area contributed by atoms with Crippen LogP contribution in [0.1, 0.15) is 240 Å². The lowest BCUT2D eigenvalue weighted by atomic mass is 9.52. The molecule has 20 bridgehead atoms. The lowest BCUT2D eigenvalue weighted by Crippen LogP contribution is -2.61. The van der Waals surface area contributed by atoms with Crippen molar-refractivity contribution in [2.75, 3.05) is 52.9 Å².